The predicted octanol–water partition coefficient (Wildman–Crippen LogP) is 5.02. The van der Waals surface area contributed by atoms with Gasteiger partial charge in [0.2, 0.25) is 0 Å². The fourth-order valence-corrected chi connectivity index (χ4v) is 3.28. The Labute approximate surface area is 170 Å². The quantitative estimate of drug-likeness (QED) is 0.525. The summed E-state index contributed by atoms with van der Waals surface area (Å²) in [6, 6.07) is 19.4. The molecule has 1 N–H and O–H groups in total. The number of amides is 1. The molecule has 1 atom stereocenters. The molecule has 2 aromatic carbocycles. The Morgan fingerprint density at radius 3 is 2.69 bits per heavy atom. The minimum Gasteiger partial charge on any atom is -0.481 e. The number of hydrogen-bond donors (Lipinski definition) is 1. The molecule has 0 saturated heterocycles. The number of nitrogens with one attached hydrogen (secondary N) is 1. The number of carbonyl (C=O) groups excluding carboxylic acids is 1. The summed E-state index contributed by atoms with van der Waals surface area (Å²) < 4.78 is 7.80. The number of benzene rings is 2. The first-order chi connectivity index (χ1) is 14.0. The molecule has 29 heavy (non-hydrogen) atoms. The number of aryl methyl sites for hydroxylation is 2. The standard InChI is InChI=1S/C24H23N3O2/c1-16-8-6-10-19(14-16)29-18(3)24(28)26-21-12-5-4-11-20(21)22-15-27-13-7-9-17(2)23(27)25-22/h4-15,18H,1-3H3,(H,26,28). The zero-order valence-corrected chi connectivity index (χ0v) is 16.7. The fourth-order valence-electron chi connectivity index (χ4n) is 3.28. The van der Waals surface area contributed by atoms with Crippen LogP contribution in [0.4, 0.5) is 5.69 Å². The summed E-state index contributed by atoms with van der Waals surface area (Å²) in [7, 11) is 0. The number of hydrogen-bond acceptors (Lipinski definition) is 3. The van der Waals surface area contributed by atoms with Gasteiger partial charge in [-0.1, -0.05) is 36.4 Å². The number of imidazole rings is 1. The first kappa shape index (κ1) is 18.7. The van der Waals surface area contributed by atoms with Crippen molar-refractivity contribution in [3.05, 3.63) is 84.2 Å². The van der Waals surface area contributed by atoms with E-state index in [1.165, 1.54) is 0 Å². The Morgan fingerprint density at radius 1 is 1.07 bits per heavy atom. The number of rotatable bonds is 5. The third-order valence-corrected chi connectivity index (χ3v) is 4.81. The van der Waals surface area contributed by atoms with Crippen LogP contribution in [0.5, 0.6) is 5.75 Å². The molecule has 1 amide bonds. The van der Waals surface area contributed by atoms with Crippen LogP contribution in [0.2, 0.25) is 0 Å². The summed E-state index contributed by atoms with van der Waals surface area (Å²) in [5.41, 5.74) is 5.47. The molecule has 0 radical (unpaired) electrons. The minimum absolute atomic E-state index is 0.209. The van der Waals surface area contributed by atoms with Crippen molar-refractivity contribution in [2.45, 2.75) is 26.9 Å². The third kappa shape index (κ3) is 3.99. The first-order valence-electron chi connectivity index (χ1n) is 9.59. The van der Waals surface area contributed by atoms with E-state index < -0.39 is 6.10 Å². The zero-order valence-electron chi connectivity index (χ0n) is 16.7. The maximum Gasteiger partial charge on any atom is 0.265 e. The normalized spacial score (nSPS) is 12.0. The number of carbonyl (C=O) groups is 1. The van der Waals surface area contributed by atoms with Gasteiger partial charge in [0, 0.05) is 18.0 Å². The molecular weight excluding hydrogens is 362 g/mol. The molecule has 0 bridgehead atoms. The predicted molar refractivity (Wildman–Crippen MR) is 115 cm³/mol. The van der Waals surface area contributed by atoms with Crippen LogP contribution in [0.15, 0.2) is 73.1 Å². The zero-order chi connectivity index (χ0) is 20.4. The molecule has 4 aromatic rings. The number of pyridine rings is 1. The minimum atomic E-state index is -0.631. The summed E-state index contributed by atoms with van der Waals surface area (Å²) >= 11 is 0. The van der Waals surface area contributed by atoms with Crippen molar-refractivity contribution in [2.75, 3.05) is 5.32 Å². The maximum atomic E-state index is 12.7. The average Bonchev–Trinajstić information content (AvgIpc) is 3.14. The smallest absolute Gasteiger partial charge is 0.265 e. The molecule has 2 aromatic heterocycles. The third-order valence-electron chi connectivity index (χ3n) is 4.81. The maximum absolute atomic E-state index is 12.7. The lowest BCUT2D eigenvalue weighted by Crippen LogP contribution is -2.30. The molecule has 0 fully saturated rings. The summed E-state index contributed by atoms with van der Waals surface area (Å²) in [5.74, 6) is 0.468. The molecular formula is C24H23N3O2. The highest BCUT2D eigenvalue weighted by atomic mass is 16.5. The molecule has 0 spiro atoms. The number of nitrogens with zero attached hydrogens (tertiary/aromatic N) is 2. The van der Waals surface area contributed by atoms with Gasteiger partial charge in [-0.15, -0.1) is 0 Å². The van der Waals surface area contributed by atoms with Crippen molar-refractivity contribution in [2.24, 2.45) is 0 Å². The molecule has 1 unspecified atom stereocenters. The van der Waals surface area contributed by atoms with Crippen molar-refractivity contribution in [3.63, 3.8) is 0 Å². The average molecular weight is 385 g/mol. The van der Waals surface area contributed by atoms with Crippen LogP contribution in [-0.4, -0.2) is 21.4 Å². The molecule has 146 valence electrons. The fraction of sp³-hybridized carbons (Fsp3) is 0.167. The molecule has 0 aliphatic rings. The summed E-state index contributed by atoms with van der Waals surface area (Å²) in [6.07, 6.45) is 3.31. The van der Waals surface area contributed by atoms with Crippen LogP contribution < -0.4 is 10.1 Å². The van der Waals surface area contributed by atoms with E-state index in [2.05, 4.69) is 5.32 Å². The van der Waals surface area contributed by atoms with Crippen molar-refractivity contribution >= 4 is 17.2 Å². The van der Waals surface area contributed by atoms with E-state index in [1.54, 1.807) is 6.92 Å². The largest absolute Gasteiger partial charge is 0.481 e. The van der Waals surface area contributed by atoms with E-state index in [-0.39, 0.29) is 5.91 Å². The van der Waals surface area contributed by atoms with Gasteiger partial charge in [0.05, 0.1) is 11.4 Å². The van der Waals surface area contributed by atoms with Gasteiger partial charge >= 0.3 is 0 Å². The Kier molecular flexibility index (Phi) is 5.04. The van der Waals surface area contributed by atoms with Crippen LogP contribution >= 0.6 is 0 Å². The van der Waals surface area contributed by atoms with Gasteiger partial charge in [-0.25, -0.2) is 4.98 Å². The molecule has 2 heterocycles. The van der Waals surface area contributed by atoms with Crippen molar-refractivity contribution in [1.29, 1.82) is 0 Å². The van der Waals surface area contributed by atoms with Gasteiger partial charge in [-0.3, -0.25) is 4.79 Å². The number of anilines is 1. The highest BCUT2D eigenvalue weighted by Gasteiger charge is 2.18. The van der Waals surface area contributed by atoms with Gasteiger partial charge < -0.3 is 14.5 Å². The number of para-hydroxylation sites is 1. The van der Waals surface area contributed by atoms with Crippen LogP contribution in [-0.2, 0) is 4.79 Å². The Hall–Kier alpha value is -3.60. The van der Waals surface area contributed by atoms with Crippen LogP contribution in [0.3, 0.4) is 0 Å². The molecule has 5 nitrogen and oxygen atoms in total. The van der Waals surface area contributed by atoms with Crippen LogP contribution in [0, 0.1) is 13.8 Å². The lowest BCUT2D eigenvalue weighted by molar-refractivity contribution is -0.122. The Bertz CT molecular complexity index is 1180. The highest BCUT2D eigenvalue weighted by Crippen LogP contribution is 2.28. The Balaban J connectivity index is 1.57. The first-order valence-corrected chi connectivity index (χ1v) is 9.59. The van der Waals surface area contributed by atoms with E-state index in [0.717, 1.165) is 28.0 Å². The second-order valence-corrected chi connectivity index (χ2v) is 7.16. The molecule has 0 saturated carbocycles. The number of aromatic nitrogens is 2. The SMILES string of the molecule is Cc1cccc(OC(C)C(=O)Nc2ccccc2-c2cn3cccc(C)c3n2)c1. The van der Waals surface area contributed by atoms with E-state index in [4.69, 9.17) is 9.72 Å². The molecule has 5 heteroatoms. The topological polar surface area (TPSA) is 55.6 Å². The second-order valence-electron chi connectivity index (χ2n) is 7.16. The lowest BCUT2D eigenvalue weighted by atomic mass is 10.1. The summed E-state index contributed by atoms with van der Waals surface area (Å²) in [5, 5.41) is 2.99. The van der Waals surface area contributed by atoms with E-state index >= 15 is 0 Å². The summed E-state index contributed by atoms with van der Waals surface area (Å²) in [4.78, 5) is 17.5. The van der Waals surface area contributed by atoms with E-state index in [9.17, 15) is 4.79 Å². The van der Waals surface area contributed by atoms with Gasteiger partial charge in [-0.05, 0) is 56.2 Å². The Morgan fingerprint density at radius 2 is 1.90 bits per heavy atom. The van der Waals surface area contributed by atoms with E-state index in [1.807, 2.05) is 91.3 Å². The van der Waals surface area contributed by atoms with Crippen LogP contribution in [0.25, 0.3) is 16.9 Å². The lowest BCUT2D eigenvalue weighted by Gasteiger charge is -2.16. The second kappa shape index (κ2) is 7.80. The number of fused-ring (bicyclic) bond motifs is 1. The highest BCUT2D eigenvalue weighted by molar-refractivity contribution is 5.97. The van der Waals surface area contributed by atoms with Gasteiger partial charge in [0.1, 0.15) is 11.4 Å². The van der Waals surface area contributed by atoms with Gasteiger partial charge in [0.15, 0.2) is 6.10 Å². The van der Waals surface area contributed by atoms with E-state index in [0.29, 0.717) is 11.4 Å². The van der Waals surface area contributed by atoms with Gasteiger partial charge in [-0.2, -0.15) is 0 Å². The molecule has 0 aliphatic carbocycles. The van der Waals surface area contributed by atoms with Gasteiger partial charge in [0.25, 0.3) is 5.91 Å². The van der Waals surface area contributed by atoms with Crippen molar-refractivity contribution in [3.8, 4) is 17.0 Å². The number of ether oxygens (including phenoxy) is 1. The van der Waals surface area contributed by atoms with Crippen molar-refractivity contribution < 1.29 is 9.53 Å². The van der Waals surface area contributed by atoms with Crippen LogP contribution in [0.1, 0.15) is 18.1 Å². The molecule has 0 aliphatic heterocycles. The molecule has 4 rings (SSSR count). The van der Waals surface area contributed by atoms with Crippen molar-refractivity contribution in [1.82, 2.24) is 9.38 Å². The summed E-state index contributed by atoms with van der Waals surface area (Å²) in [6.45, 7) is 5.77. The monoisotopic (exact) mass is 385 g/mol.